The van der Waals surface area contributed by atoms with E-state index < -0.39 is 25.4 Å². The number of hydrogen-bond donors (Lipinski definition) is 2. The Labute approximate surface area is 131 Å². The number of rotatable bonds is 4. The molecule has 0 aromatic heterocycles. The topological polar surface area (TPSA) is 47.3 Å². The fourth-order valence-corrected chi connectivity index (χ4v) is 1.54. The molecule has 0 heterocycles. The van der Waals surface area contributed by atoms with Crippen molar-refractivity contribution in [2.24, 2.45) is 5.73 Å². The third kappa shape index (κ3) is 10.7. The monoisotopic (exact) mass is 396 g/mol. The lowest BCUT2D eigenvalue weighted by atomic mass is 10.2. The maximum Gasteiger partial charge on any atom is 0.401 e. The average molecular weight is 397 g/mol. The average Bonchev–Trinajstić information content (AvgIpc) is 2.39. The Hall–Kier alpha value is -1.00. The van der Waals surface area contributed by atoms with Crippen LogP contribution in [0.15, 0.2) is 22.7 Å². The van der Waals surface area contributed by atoms with Crippen LogP contribution >= 0.6 is 15.9 Å². The fraction of sp³-hybridized carbons (Fsp3) is 0.500. The van der Waals surface area contributed by atoms with Crippen LogP contribution in [-0.2, 0) is 6.54 Å². The molecule has 0 atom stereocenters. The van der Waals surface area contributed by atoms with Crippen LogP contribution in [0.2, 0.25) is 0 Å². The van der Waals surface area contributed by atoms with Gasteiger partial charge >= 0.3 is 12.4 Å². The van der Waals surface area contributed by atoms with Gasteiger partial charge in [-0.2, -0.15) is 26.3 Å². The summed E-state index contributed by atoms with van der Waals surface area (Å²) in [5.74, 6) is 0.618. The predicted molar refractivity (Wildman–Crippen MR) is 73.6 cm³/mol. The highest BCUT2D eigenvalue weighted by atomic mass is 79.9. The molecule has 0 saturated heterocycles. The molecular formula is C12H15BrF6N2O. The van der Waals surface area contributed by atoms with Gasteiger partial charge in [-0.05, 0) is 23.8 Å². The van der Waals surface area contributed by atoms with Crippen molar-refractivity contribution in [1.82, 2.24) is 5.32 Å². The van der Waals surface area contributed by atoms with Crippen molar-refractivity contribution in [3.8, 4) is 5.75 Å². The van der Waals surface area contributed by atoms with E-state index in [4.69, 9.17) is 4.74 Å². The van der Waals surface area contributed by atoms with E-state index in [1.807, 2.05) is 0 Å². The number of ether oxygens (including phenoxy) is 1. The number of benzene rings is 1. The summed E-state index contributed by atoms with van der Waals surface area (Å²) in [6, 6.07) is 5.16. The summed E-state index contributed by atoms with van der Waals surface area (Å²) in [6.45, 7) is -2.10. The van der Waals surface area contributed by atoms with Gasteiger partial charge in [0.2, 0.25) is 0 Å². The summed E-state index contributed by atoms with van der Waals surface area (Å²) in [6.07, 6.45) is -8.37. The molecule has 0 bridgehead atoms. The van der Waals surface area contributed by atoms with Gasteiger partial charge in [0, 0.05) is 11.0 Å². The zero-order valence-corrected chi connectivity index (χ0v) is 13.1. The third-order valence-corrected chi connectivity index (χ3v) is 2.90. The highest BCUT2D eigenvalue weighted by Gasteiger charge is 2.26. The largest absolute Gasteiger partial charge is 0.497 e. The molecule has 0 unspecified atom stereocenters. The number of methoxy groups -OCH3 is 1. The molecule has 0 aliphatic rings. The molecule has 22 heavy (non-hydrogen) atoms. The first-order valence-electron chi connectivity index (χ1n) is 5.85. The molecule has 3 nitrogen and oxygen atoms in total. The van der Waals surface area contributed by atoms with Gasteiger partial charge < -0.3 is 15.8 Å². The molecule has 0 spiro atoms. The summed E-state index contributed by atoms with van der Waals surface area (Å²) in [4.78, 5) is 0. The van der Waals surface area contributed by atoms with Crippen LogP contribution in [0.5, 0.6) is 5.75 Å². The van der Waals surface area contributed by atoms with Crippen LogP contribution in [0, 0.1) is 0 Å². The first-order chi connectivity index (χ1) is 9.98. The van der Waals surface area contributed by atoms with Gasteiger partial charge in [-0.15, -0.1) is 0 Å². The Kier molecular flexibility index (Phi) is 8.79. The highest BCUT2D eigenvalue weighted by molar-refractivity contribution is 9.10. The van der Waals surface area contributed by atoms with Crippen molar-refractivity contribution in [1.29, 1.82) is 0 Å². The van der Waals surface area contributed by atoms with Gasteiger partial charge in [-0.3, -0.25) is 0 Å². The summed E-state index contributed by atoms with van der Waals surface area (Å²) in [5, 5.41) is 2.32. The Balaban J connectivity index is 0.000000626. The molecule has 0 amide bonds. The van der Waals surface area contributed by atoms with Crippen LogP contribution < -0.4 is 15.8 Å². The molecule has 0 saturated carbocycles. The minimum Gasteiger partial charge on any atom is -0.497 e. The quantitative estimate of drug-likeness (QED) is 0.764. The molecule has 1 rings (SSSR count). The van der Waals surface area contributed by atoms with Gasteiger partial charge in [0.25, 0.3) is 0 Å². The van der Waals surface area contributed by atoms with Gasteiger partial charge in [-0.25, -0.2) is 0 Å². The van der Waals surface area contributed by atoms with Gasteiger partial charge in [0.1, 0.15) is 5.75 Å². The summed E-state index contributed by atoms with van der Waals surface area (Å²) in [5.41, 5.74) is 4.91. The molecule has 128 valence electrons. The van der Waals surface area contributed by atoms with Crippen molar-refractivity contribution in [3.05, 3.63) is 28.2 Å². The minimum atomic E-state index is -4.19. The Morgan fingerprint density at radius 3 is 2.09 bits per heavy atom. The van der Waals surface area contributed by atoms with Crippen molar-refractivity contribution < 1.29 is 31.1 Å². The van der Waals surface area contributed by atoms with E-state index in [1.165, 1.54) is 7.11 Å². The van der Waals surface area contributed by atoms with E-state index in [0.29, 0.717) is 5.75 Å². The van der Waals surface area contributed by atoms with Gasteiger partial charge in [0.15, 0.2) is 0 Å². The normalized spacial score (nSPS) is 11.7. The lowest BCUT2D eigenvalue weighted by Crippen LogP contribution is -2.28. The first-order valence-corrected chi connectivity index (χ1v) is 6.64. The van der Waals surface area contributed by atoms with E-state index >= 15 is 0 Å². The molecule has 3 N–H and O–H groups in total. The molecule has 10 heteroatoms. The molecule has 0 aliphatic heterocycles. The van der Waals surface area contributed by atoms with Crippen molar-refractivity contribution >= 4 is 15.9 Å². The summed E-state index contributed by atoms with van der Waals surface area (Å²) < 4.78 is 73.4. The number of alkyl halides is 6. The van der Waals surface area contributed by atoms with Crippen LogP contribution in [0.4, 0.5) is 26.3 Å². The Morgan fingerprint density at radius 2 is 1.68 bits per heavy atom. The van der Waals surface area contributed by atoms with E-state index in [9.17, 15) is 26.3 Å². The molecule has 1 aromatic rings. The third-order valence-electron chi connectivity index (χ3n) is 2.13. The predicted octanol–water partition coefficient (Wildman–Crippen LogP) is 3.62. The second kappa shape index (κ2) is 9.21. The number of nitrogens with one attached hydrogen (secondary N) is 1. The smallest absolute Gasteiger partial charge is 0.401 e. The standard InChI is InChI=1S/C10H11BrF3NO.C2H4F3N/c1-16-8-2-3-9(11)7(4-8)5-15-6-10(12,13)14;3-2(4,5)1-6/h2-4,15H,5-6H2,1H3;1,6H2. The van der Waals surface area contributed by atoms with E-state index in [0.717, 1.165) is 10.0 Å². The van der Waals surface area contributed by atoms with Crippen molar-refractivity contribution in [2.75, 3.05) is 20.2 Å². The number of halogens is 7. The zero-order chi connectivity index (χ0) is 17.4. The van der Waals surface area contributed by atoms with Crippen LogP contribution in [-0.4, -0.2) is 32.6 Å². The van der Waals surface area contributed by atoms with Gasteiger partial charge in [-0.1, -0.05) is 15.9 Å². The van der Waals surface area contributed by atoms with Crippen molar-refractivity contribution in [2.45, 2.75) is 18.9 Å². The van der Waals surface area contributed by atoms with Crippen LogP contribution in [0.1, 0.15) is 5.56 Å². The number of hydrogen-bond acceptors (Lipinski definition) is 3. The molecular weight excluding hydrogens is 382 g/mol. The van der Waals surface area contributed by atoms with Crippen LogP contribution in [0.3, 0.4) is 0 Å². The van der Waals surface area contributed by atoms with E-state index in [1.54, 1.807) is 18.2 Å². The Bertz CT molecular complexity index is 450. The second-order valence-electron chi connectivity index (χ2n) is 4.00. The van der Waals surface area contributed by atoms with E-state index in [-0.39, 0.29) is 6.54 Å². The minimum absolute atomic E-state index is 0.136. The maximum atomic E-state index is 11.9. The van der Waals surface area contributed by atoms with E-state index in [2.05, 4.69) is 27.0 Å². The molecule has 1 aromatic carbocycles. The lowest BCUT2D eigenvalue weighted by molar-refractivity contribution is -0.125. The zero-order valence-electron chi connectivity index (χ0n) is 11.5. The second-order valence-corrected chi connectivity index (χ2v) is 4.85. The maximum absolute atomic E-state index is 11.9. The number of nitrogens with two attached hydrogens (primary N) is 1. The van der Waals surface area contributed by atoms with Crippen LogP contribution in [0.25, 0.3) is 0 Å². The summed E-state index contributed by atoms with van der Waals surface area (Å²) in [7, 11) is 1.51. The first kappa shape index (κ1) is 21.0. The van der Waals surface area contributed by atoms with Crippen molar-refractivity contribution in [3.63, 3.8) is 0 Å². The lowest BCUT2D eigenvalue weighted by Gasteiger charge is -2.10. The highest BCUT2D eigenvalue weighted by Crippen LogP contribution is 2.22. The molecule has 0 radical (unpaired) electrons. The fourth-order valence-electron chi connectivity index (χ4n) is 1.15. The summed E-state index contributed by atoms with van der Waals surface area (Å²) >= 11 is 3.26. The van der Waals surface area contributed by atoms with Gasteiger partial charge in [0.05, 0.1) is 20.2 Å². The molecule has 0 aliphatic carbocycles. The molecule has 0 fully saturated rings. The Morgan fingerprint density at radius 1 is 1.14 bits per heavy atom. The SMILES string of the molecule is COc1ccc(Br)c(CNCC(F)(F)F)c1.NCC(F)(F)F.